The first-order valence-electron chi connectivity index (χ1n) is 5.88. The predicted octanol–water partition coefficient (Wildman–Crippen LogP) is 2.75. The average molecular weight is 263 g/mol. The second-order valence-corrected chi connectivity index (χ2v) is 5.65. The number of anilines is 1. The summed E-state index contributed by atoms with van der Waals surface area (Å²) in [4.78, 5) is 14.7. The number of rotatable bonds is 3. The Hall–Kier alpha value is -1.26. The number of fused-ring (bicyclic) bond motifs is 1. The van der Waals surface area contributed by atoms with Crippen LogP contribution in [0.5, 0.6) is 0 Å². The van der Waals surface area contributed by atoms with E-state index in [1.54, 1.807) is 11.8 Å². The van der Waals surface area contributed by atoms with Crippen molar-refractivity contribution in [3.05, 3.63) is 35.9 Å². The van der Waals surface area contributed by atoms with Gasteiger partial charge < -0.3 is 10.0 Å². The molecule has 0 bridgehead atoms. The summed E-state index contributed by atoms with van der Waals surface area (Å²) in [5, 5.41) is 9.58. The molecule has 0 saturated carbocycles. The number of nitrogens with zero attached hydrogens (tertiary/aromatic N) is 1. The summed E-state index contributed by atoms with van der Waals surface area (Å²) in [7, 11) is 0. The van der Waals surface area contributed by atoms with Gasteiger partial charge in [-0.1, -0.05) is 18.2 Å². The van der Waals surface area contributed by atoms with E-state index in [1.807, 2.05) is 25.1 Å². The molecule has 3 nitrogen and oxygen atoms in total. The van der Waals surface area contributed by atoms with Gasteiger partial charge in [-0.3, -0.25) is 4.79 Å². The van der Waals surface area contributed by atoms with Crippen LogP contribution in [0.3, 0.4) is 0 Å². The molecule has 2 rings (SSSR count). The van der Waals surface area contributed by atoms with Gasteiger partial charge in [0, 0.05) is 11.4 Å². The van der Waals surface area contributed by atoms with Crippen LogP contribution in [-0.2, 0) is 4.79 Å². The summed E-state index contributed by atoms with van der Waals surface area (Å²) >= 11 is 1.53. The van der Waals surface area contributed by atoms with Gasteiger partial charge in [0.15, 0.2) is 0 Å². The largest absolute Gasteiger partial charge is 0.389 e. The highest BCUT2D eigenvalue weighted by molar-refractivity contribution is 8.00. The standard InChI is InChI=1S/C14H17NO2S/c1-9(2)7-15-12-5-4-11(10(3)16)6-13(12)18-8-14(15)17/h4-6,10,16H,1,7-8H2,2-3H3. The monoisotopic (exact) mass is 263 g/mol. The van der Waals surface area contributed by atoms with E-state index in [2.05, 4.69) is 6.58 Å². The molecule has 1 N–H and O–H groups in total. The Morgan fingerprint density at radius 2 is 2.33 bits per heavy atom. The van der Waals surface area contributed by atoms with Crippen LogP contribution in [0.2, 0.25) is 0 Å². The SMILES string of the molecule is C=C(C)CN1C(=O)CSc2cc(C(C)O)ccc21. The van der Waals surface area contributed by atoms with Gasteiger partial charge in [-0.2, -0.15) is 0 Å². The molecule has 1 atom stereocenters. The first-order valence-corrected chi connectivity index (χ1v) is 6.87. The molecule has 0 radical (unpaired) electrons. The molecular formula is C14H17NO2S. The molecule has 18 heavy (non-hydrogen) atoms. The lowest BCUT2D eigenvalue weighted by Crippen LogP contribution is -2.36. The molecular weight excluding hydrogens is 246 g/mol. The maximum absolute atomic E-state index is 11.9. The van der Waals surface area contributed by atoms with Crippen molar-refractivity contribution in [2.75, 3.05) is 17.2 Å². The van der Waals surface area contributed by atoms with E-state index in [9.17, 15) is 9.90 Å². The highest BCUT2D eigenvalue weighted by atomic mass is 32.2. The summed E-state index contributed by atoms with van der Waals surface area (Å²) in [6.45, 7) is 8.08. The maximum atomic E-state index is 11.9. The molecule has 4 heteroatoms. The van der Waals surface area contributed by atoms with E-state index >= 15 is 0 Å². The van der Waals surface area contributed by atoms with Gasteiger partial charge in [-0.05, 0) is 31.5 Å². The Labute approximate surface area is 111 Å². The summed E-state index contributed by atoms with van der Waals surface area (Å²) in [6, 6.07) is 5.74. The van der Waals surface area contributed by atoms with Crippen molar-refractivity contribution in [2.24, 2.45) is 0 Å². The second-order valence-electron chi connectivity index (χ2n) is 4.63. The zero-order valence-corrected chi connectivity index (χ0v) is 11.5. The Morgan fingerprint density at radius 3 is 2.94 bits per heavy atom. The number of carbonyl (C=O) groups is 1. The lowest BCUT2D eigenvalue weighted by molar-refractivity contribution is -0.116. The number of aliphatic hydroxyl groups is 1. The summed E-state index contributed by atoms with van der Waals surface area (Å²) in [5.41, 5.74) is 2.76. The molecule has 1 unspecified atom stereocenters. The number of aliphatic hydroxyl groups excluding tert-OH is 1. The van der Waals surface area contributed by atoms with Crippen LogP contribution in [0.15, 0.2) is 35.2 Å². The topological polar surface area (TPSA) is 40.5 Å². The lowest BCUT2D eigenvalue weighted by Gasteiger charge is -2.29. The number of amides is 1. The van der Waals surface area contributed by atoms with E-state index in [0.29, 0.717) is 12.3 Å². The first-order chi connectivity index (χ1) is 8.49. The second kappa shape index (κ2) is 5.16. The van der Waals surface area contributed by atoms with Crippen molar-refractivity contribution in [2.45, 2.75) is 24.8 Å². The molecule has 1 heterocycles. The minimum atomic E-state index is -0.483. The van der Waals surface area contributed by atoms with Gasteiger partial charge >= 0.3 is 0 Å². The minimum Gasteiger partial charge on any atom is -0.389 e. The number of hydrogen-bond acceptors (Lipinski definition) is 3. The van der Waals surface area contributed by atoms with Crippen molar-refractivity contribution < 1.29 is 9.90 Å². The van der Waals surface area contributed by atoms with Gasteiger partial charge in [0.25, 0.3) is 0 Å². The van der Waals surface area contributed by atoms with Gasteiger partial charge in [0.05, 0.1) is 17.5 Å². The van der Waals surface area contributed by atoms with Crippen molar-refractivity contribution in [1.29, 1.82) is 0 Å². The summed E-state index contributed by atoms with van der Waals surface area (Å²) in [5.74, 6) is 0.559. The molecule has 1 aliphatic heterocycles. The van der Waals surface area contributed by atoms with Crippen LogP contribution in [-0.4, -0.2) is 23.3 Å². The van der Waals surface area contributed by atoms with Gasteiger partial charge in [-0.25, -0.2) is 0 Å². The predicted molar refractivity (Wildman–Crippen MR) is 75.0 cm³/mol. The molecule has 1 amide bonds. The Bertz CT molecular complexity index is 497. The van der Waals surface area contributed by atoms with Crippen LogP contribution in [0, 0.1) is 0 Å². The zero-order valence-electron chi connectivity index (χ0n) is 10.6. The van der Waals surface area contributed by atoms with Crippen molar-refractivity contribution >= 4 is 23.4 Å². The van der Waals surface area contributed by atoms with E-state index in [0.717, 1.165) is 21.7 Å². The lowest BCUT2D eigenvalue weighted by atomic mass is 10.1. The zero-order chi connectivity index (χ0) is 13.3. The van der Waals surface area contributed by atoms with Crippen LogP contribution >= 0.6 is 11.8 Å². The van der Waals surface area contributed by atoms with E-state index in [-0.39, 0.29) is 5.91 Å². The molecule has 1 aliphatic rings. The first kappa shape index (κ1) is 13.2. The number of thioether (sulfide) groups is 1. The third kappa shape index (κ3) is 2.60. The molecule has 0 saturated heterocycles. The smallest absolute Gasteiger partial charge is 0.237 e. The van der Waals surface area contributed by atoms with Crippen LogP contribution in [0.4, 0.5) is 5.69 Å². The van der Waals surface area contributed by atoms with Gasteiger partial charge in [0.2, 0.25) is 5.91 Å². The van der Waals surface area contributed by atoms with Crippen molar-refractivity contribution in [3.8, 4) is 0 Å². The molecule has 0 spiro atoms. The molecule has 0 fully saturated rings. The van der Waals surface area contributed by atoms with Crippen molar-refractivity contribution in [3.63, 3.8) is 0 Å². The molecule has 0 aliphatic carbocycles. The van der Waals surface area contributed by atoms with Crippen LogP contribution in [0.25, 0.3) is 0 Å². The summed E-state index contributed by atoms with van der Waals surface area (Å²) in [6.07, 6.45) is -0.483. The third-order valence-electron chi connectivity index (χ3n) is 2.84. The quantitative estimate of drug-likeness (QED) is 0.852. The Balaban J connectivity index is 2.38. The molecule has 96 valence electrons. The van der Waals surface area contributed by atoms with E-state index in [1.165, 1.54) is 11.8 Å². The van der Waals surface area contributed by atoms with Gasteiger partial charge in [0.1, 0.15) is 0 Å². The third-order valence-corrected chi connectivity index (χ3v) is 3.87. The maximum Gasteiger partial charge on any atom is 0.237 e. The minimum absolute atomic E-state index is 0.111. The fourth-order valence-electron chi connectivity index (χ4n) is 1.92. The fourth-order valence-corrected chi connectivity index (χ4v) is 2.90. The molecule has 1 aromatic rings. The highest BCUT2D eigenvalue weighted by Gasteiger charge is 2.25. The van der Waals surface area contributed by atoms with Crippen LogP contribution < -0.4 is 4.90 Å². The number of carbonyl (C=O) groups excluding carboxylic acids is 1. The summed E-state index contributed by atoms with van der Waals surface area (Å²) < 4.78 is 0. The molecule has 1 aromatic carbocycles. The van der Waals surface area contributed by atoms with Gasteiger partial charge in [-0.15, -0.1) is 11.8 Å². The molecule has 0 aromatic heterocycles. The van der Waals surface area contributed by atoms with E-state index in [4.69, 9.17) is 0 Å². The number of hydrogen-bond donors (Lipinski definition) is 1. The average Bonchev–Trinajstić information content (AvgIpc) is 2.31. The van der Waals surface area contributed by atoms with Crippen LogP contribution in [0.1, 0.15) is 25.5 Å². The number of benzene rings is 1. The highest BCUT2D eigenvalue weighted by Crippen LogP contribution is 2.37. The Morgan fingerprint density at radius 1 is 1.61 bits per heavy atom. The Kier molecular flexibility index (Phi) is 3.78. The normalized spacial score (nSPS) is 16.4. The van der Waals surface area contributed by atoms with Crippen molar-refractivity contribution in [1.82, 2.24) is 0 Å². The van der Waals surface area contributed by atoms with E-state index < -0.39 is 6.10 Å². The fraction of sp³-hybridized carbons (Fsp3) is 0.357.